The van der Waals surface area contributed by atoms with Crippen LogP contribution in [0.3, 0.4) is 0 Å². The number of anilines is 1. The van der Waals surface area contributed by atoms with Crippen LogP contribution >= 0.6 is 11.3 Å². The molecule has 0 bridgehead atoms. The number of rotatable bonds is 6. The van der Waals surface area contributed by atoms with Crippen LogP contribution < -0.4 is 11.1 Å². The number of carbonyl (C=O) groups excluding carboxylic acids is 1. The van der Waals surface area contributed by atoms with Crippen molar-refractivity contribution in [2.75, 3.05) is 18.8 Å². The number of nitrogens with two attached hydrogens (primary N) is 1. The molecule has 3 N–H and O–H groups in total. The Balaban J connectivity index is 1.32. The quantitative estimate of drug-likeness (QED) is 0.767. The monoisotopic (exact) mass is 370 g/mol. The van der Waals surface area contributed by atoms with E-state index < -0.39 is 0 Å². The highest BCUT2D eigenvalue weighted by molar-refractivity contribution is 7.13. The number of aromatic nitrogens is 1. The van der Waals surface area contributed by atoms with Crippen LogP contribution in [0.4, 0.5) is 5.13 Å². The number of hydrogen-bond acceptors (Lipinski definition) is 5. The first kappa shape index (κ1) is 17.5. The lowest BCUT2D eigenvalue weighted by molar-refractivity contribution is -0.125. The fraction of sp³-hybridized carbons (Fsp3) is 0.500. The molecule has 2 aliphatic rings. The second-order valence-corrected chi connectivity index (χ2v) is 8.18. The summed E-state index contributed by atoms with van der Waals surface area (Å²) in [5.74, 6) is 0.329. The molecule has 138 valence electrons. The Morgan fingerprint density at radius 2 is 2.19 bits per heavy atom. The summed E-state index contributed by atoms with van der Waals surface area (Å²) in [6, 6.07) is 11.4. The highest BCUT2D eigenvalue weighted by Crippen LogP contribution is 2.44. The van der Waals surface area contributed by atoms with Gasteiger partial charge in [0.25, 0.3) is 0 Å². The topological polar surface area (TPSA) is 71.2 Å². The van der Waals surface area contributed by atoms with Crippen LogP contribution in [0.2, 0.25) is 0 Å². The maximum Gasteiger partial charge on any atom is 0.224 e. The smallest absolute Gasteiger partial charge is 0.224 e. The average molecular weight is 371 g/mol. The molecule has 2 aromatic rings. The normalized spacial score (nSPS) is 25.3. The van der Waals surface area contributed by atoms with Crippen LogP contribution in [-0.4, -0.2) is 34.9 Å². The molecule has 0 saturated carbocycles. The van der Waals surface area contributed by atoms with E-state index in [1.54, 1.807) is 0 Å². The van der Waals surface area contributed by atoms with Gasteiger partial charge in [0.15, 0.2) is 5.13 Å². The van der Waals surface area contributed by atoms with Crippen molar-refractivity contribution in [1.82, 2.24) is 15.2 Å². The van der Waals surface area contributed by atoms with Gasteiger partial charge in [-0.15, -0.1) is 11.3 Å². The van der Waals surface area contributed by atoms with Gasteiger partial charge in [0.1, 0.15) is 0 Å². The predicted molar refractivity (Wildman–Crippen MR) is 105 cm³/mol. The van der Waals surface area contributed by atoms with Gasteiger partial charge in [-0.25, -0.2) is 4.98 Å². The van der Waals surface area contributed by atoms with Crippen LogP contribution in [0.5, 0.6) is 0 Å². The molecule has 5 nitrogen and oxygen atoms in total. The molecule has 3 heterocycles. The Kier molecular flexibility index (Phi) is 5.22. The average Bonchev–Trinajstić information content (AvgIpc) is 3.36. The SMILES string of the molecule is Nc1nc(CCCNC(=O)[C@H]2C[C@@H](c3ccccc3)N3CCC[C@H]23)cs1. The first-order chi connectivity index (χ1) is 12.7. The third-order valence-corrected chi connectivity index (χ3v) is 6.41. The molecule has 2 aliphatic heterocycles. The molecule has 0 unspecified atom stereocenters. The maximum atomic E-state index is 12.8. The van der Waals surface area contributed by atoms with Crippen molar-refractivity contribution >= 4 is 22.4 Å². The highest BCUT2D eigenvalue weighted by Gasteiger charge is 2.46. The van der Waals surface area contributed by atoms with Crippen molar-refractivity contribution in [2.45, 2.75) is 44.2 Å². The van der Waals surface area contributed by atoms with Crippen LogP contribution in [0, 0.1) is 5.92 Å². The van der Waals surface area contributed by atoms with Crippen LogP contribution in [0.1, 0.15) is 43.0 Å². The van der Waals surface area contributed by atoms with Gasteiger partial charge in [0.05, 0.1) is 11.6 Å². The lowest BCUT2D eigenvalue weighted by atomic mass is 9.93. The zero-order chi connectivity index (χ0) is 17.9. The molecule has 26 heavy (non-hydrogen) atoms. The minimum Gasteiger partial charge on any atom is -0.375 e. The Hall–Kier alpha value is -1.92. The fourth-order valence-corrected chi connectivity index (χ4v) is 5.10. The molecule has 6 heteroatoms. The van der Waals surface area contributed by atoms with Crippen LogP contribution in [0.25, 0.3) is 0 Å². The summed E-state index contributed by atoms with van der Waals surface area (Å²) in [7, 11) is 0. The zero-order valence-electron chi connectivity index (χ0n) is 14.9. The highest BCUT2D eigenvalue weighted by atomic mass is 32.1. The van der Waals surface area contributed by atoms with E-state index in [2.05, 4.69) is 45.5 Å². The number of benzene rings is 1. The van der Waals surface area contributed by atoms with Gasteiger partial charge in [0, 0.05) is 24.0 Å². The third kappa shape index (κ3) is 3.62. The molecule has 0 radical (unpaired) electrons. The lowest BCUT2D eigenvalue weighted by Gasteiger charge is -2.24. The van der Waals surface area contributed by atoms with E-state index in [1.807, 2.05) is 5.38 Å². The first-order valence-electron chi connectivity index (χ1n) is 9.50. The van der Waals surface area contributed by atoms with Crippen molar-refractivity contribution < 1.29 is 4.79 Å². The van der Waals surface area contributed by atoms with Crippen molar-refractivity contribution in [2.24, 2.45) is 5.92 Å². The van der Waals surface area contributed by atoms with Gasteiger partial charge in [-0.3, -0.25) is 9.69 Å². The van der Waals surface area contributed by atoms with E-state index in [0.29, 0.717) is 23.8 Å². The Bertz CT molecular complexity index is 747. The van der Waals surface area contributed by atoms with E-state index in [-0.39, 0.29) is 11.8 Å². The minimum atomic E-state index is 0.109. The number of hydrogen-bond donors (Lipinski definition) is 2. The number of nitrogens with one attached hydrogen (secondary N) is 1. The van der Waals surface area contributed by atoms with E-state index in [1.165, 1.54) is 23.3 Å². The van der Waals surface area contributed by atoms with Crippen molar-refractivity contribution in [1.29, 1.82) is 0 Å². The summed E-state index contributed by atoms with van der Waals surface area (Å²) in [6.07, 6.45) is 5.03. The zero-order valence-corrected chi connectivity index (χ0v) is 15.8. The Labute approximate surface area is 158 Å². The molecule has 0 spiro atoms. The van der Waals surface area contributed by atoms with Gasteiger partial charge in [-0.2, -0.15) is 0 Å². The molecule has 0 aliphatic carbocycles. The molecular weight excluding hydrogens is 344 g/mol. The number of amides is 1. The summed E-state index contributed by atoms with van der Waals surface area (Å²) >= 11 is 1.47. The van der Waals surface area contributed by atoms with Crippen molar-refractivity contribution in [3.8, 4) is 0 Å². The maximum absolute atomic E-state index is 12.8. The molecule has 2 saturated heterocycles. The Morgan fingerprint density at radius 3 is 2.96 bits per heavy atom. The fourth-order valence-electron chi connectivity index (χ4n) is 4.50. The number of thiazole rings is 1. The molecule has 2 fully saturated rings. The van der Waals surface area contributed by atoms with Crippen LogP contribution in [0.15, 0.2) is 35.7 Å². The number of aryl methyl sites for hydroxylation is 1. The van der Waals surface area contributed by atoms with Gasteiger partial charge < -0.3 is 11.1 Å². The number of nitrogen functional groups attached to an aromatic ring is 1. The van der Waals surface area contributed by atoms with Gasteiger partial charge in [-0.1, -0.05) is 30.3 Å². The number of nitrogens with zero attached hydrogens (tertiary/aromatic N) is 2. The van der Waals surface area contributed by atoms with E-state index in [0.717, 1.165) is 37.9 Å². The van der Waals surface area contributed by atoms with E-state index in [9.17, 15) is 4.79 Å². The van der Waals surface area contributed by atoms with Gasteiger partial charge in [0.2, 0.25) is 5.91 Å². The van der Waals surface area contributed by atoms with E-state index >= 15 is 0 Å². The molecule has 4 rings (SSSR count). The largest absolute Gasteiger partial charge is 0.375 e. The molecule has 1 aromatic carbocycles. The predicted octanol–water partition coefficient (Wildman–Crippen LogP) is 3.00. The Morgan fingerprint density at radius 1 is 1.35 bits per heavy atom. The third-order valence-electron chi connectivity index (χ3n) is 5.68. The van der Waals surface area contributed by atoms with E-state index in [4.69, 9.17) is 5.73 Å². The van der Waals surface area contributed by atoms with Gasteiger partial charge in [-0.05, 0) is 44.2 Å². The minimum absolute atomic E-state index is 0.109. The van der Waals surface area contributed by atoms with Crippen molar-refractivity contribution in [3.63, 3.8) is 0 Å². The van der Waals surface area contributed by atoms with Gasteiger partial charge >= 0.3 is 0 Å². The summed E-state index contributed by atoms with van der Waals surface area (Å²) in [4.78, 5) is 19.6. The number of carbonyl (C=O) groups is 1. The molecule has 1 aromatic heterocycles. The summed E-state index contributed by atoms with van der Waals surface area (Å²) < 4.78 is 0. The van der Waals surface area contributed by atoms with Crippen LogP contribution in [-0.2, 0) is 11.2 Å². The lowest BCUT2D eigenvalue weighted by Crippen LogP contribution is -2.37. The summed E-state index contributed by atoms with van der Waals surface area (Å²) in [5, 5.41) is 5.77. The summed E-state index contributed by atoms with van der Waals surface area (Å²) in [6.45, 7) is 1.81. The molecule has 3 atom stereocenters. The second-order valence-electron chi connectivity index (χ2n) is 7.29. The number of fused-ring (bicyclic) bond motifs is 1. The van der Waals surface area contributed by atoms with Crippen molar-refractivity contribution in [3.05, 3.63) is 47.0 Å². The summed E-state index contributed by atoms with van der Waals surface area (Å²) in [5.41, 5.74) is 8.02. The standard InChI is InChI=1S/C20H26N4OS/c21-20-23-15(13-26-20)8-4-10-22-19(25)16-12-18(14-6-2-1-3-7-14)24-11-5-9-17(16)24/h1-3,6-7,13,16-18H,4-5,8-12H2,(H2,21,23)(H,22,25)/t16-,17+,18-/m0/s1. The first-order valence-corrected chi connectivity index (χ1v) is 10.4. The molecule has 1 amide bonds. The molecular formula is C20H26N4OS. The second kappa shape index (κ2) is 7.76.